The molecule has 0 aromatic carbocycles. The van der Waals surface area contributed by atoms with Crippen LogP contribution in [-0.4, -0.2) is 100 Å². The van der Waals surface area contributed by atoms with Gasteiger partial charge in [0.2, 0.25) is 0 Å². The summed E-state index contributed by atoms with van der Waals surface area (Å²) in [5.41, 5.74) is 14.7. The molecular formula is C35H45ClN14O4. The number of nitrogen functional groups attached to an aromatic ring is 2. The first kappa shape index (κ1) is 38.0. The van der Waals surface area contributed by atoms with Gasteiger partial charge >= 0.3 is 23.4 Å². The van der Waals surface area contributed by atoms with Gasteiger partial charge < -0.3 is 40.7 Å². The lowest BCUT2D eigenvalue weighted by Gasteiger charge is -2.33. The zero-order valence-corrected chi connectivity index (χ0v) is 31.3. The van der Waals surface area contributed by atoms with E-state index in [2.05, 4.69) is 70.6 Å². The molecule has 6 aromatic rings. The van der Waals surface area contributed by atoms with E-state index >= 15 is 0 Å². The maximum atomic E-state index is 12.5. The van der Waals surface area contributed by atoms with Crippen molar-refractivity contribution >= 4 is 51.4 Å². The Kier molecular flexibility index (Phi) is 12.2. The maximum Gasteiger partial charge on any atom is 0.328 e. The molecule has 7 heterocycles. The highest BCUT2D eigenvalue weighted by molar-refractivity contribution is 6.29. The molecule has 1 saturated heterocycles. The molecular weight excluding hydrogens is 716 g/mol. The average molecular weight is 761 g/mol. The molecule has 54 heavy (non-hydrogen) atoms. The Balaban J connectivity index is 0.000000189. The second kappa shape index (κ2) is 17.4. The standard InChI is InChI=1S/C20H28N8O2.C15H17ClN6O2/c1-3-4-11-30-19-24-17(21)16-18(25-19)28(20(29)23-16)13-14-5-6-15(22-12-14)27-9-7-26(2)8-10-27;1-2-3-6-24-14-20-12(17)11-13(21-14)22(15(23)19-11)8-9-4-5-10(16)18-7-9/h5-6,12H,3-4,7-11,13H2,1-2H3,(H,23,29)(H2,21,24,25);4-5,7H,2-3,6,8H2,1H3,(H,19,23)(H2,17,20,21). The summed E-state index contributed by atoms with van der Waals surface area (Å²) in [4.78, 5) is 60.3. The number of piperazine rings is 1. The Morgan fingerprint density at radius 3 is 1.67 bits per heavy atom. The lowest BCUT2D eigenvalue weighted by atomic mass is 10.2. The predicted molar refractivity (Wildman–Crippen MR) is 207 cm³/mol. The van der Waals surface area contributed by atoms with Crippen LogP contribution in [-0.2, 0) is 13.1 Å². The van der Waals surface area contributed by atoms with Gasteiger partial charge in [0.05, 0.1) is 26.3 Å². The topological polar surface area (TPSA) is 230 Å². The Morgan fingerprint density at radius 2 is 1.22 bits per heavy atom. The highest BCUT2D eigenvalue weighted by Gasteiger charge is 2.18. The third kappa shape index (κ3) is 9.06. The summed E-state index contributed by atoms with van der Waals surface area (Å²) < 4.78 is 14.1. The summed E-state index contributed by atoms with van der Waals surface area (Å²) in [5.74, 6) is 1.33. The van der Waals surface area contributed by atoms with Gasteiger partial charge in [-0.2, -0.15) is 19.9 Å². The fourth-order valence-corrected chi connectivity index (χ4v) is 5.81. The molecule has 6 N–H and O–H groups in total. The maximum absolute atomic E-state index is 12.5. The highest BCUT2D eigenvalue weighted by Crippen LogP contribution is 2.21. The molecule has 7 rings (SSSR count). The highest BCUT2D eigenvalue weighted by atomic mass is 35.5. The number of rotatable bonds is 13. The SMILES string of the molecule is CCCCOc1nc(N)c2[nH]c(=O)n(Cc3ccc(Cl)nc3)c2n1.CCCCOc1nc(N)c2[nH]c(=O)n(Cc3ccc(N4CCN(C)CC4)nc3)c2n1. The molecule has 0 spiro atoms. The van der Waals surface area contributed by atoms with Gasteiger partial charge in [0.15, 0.2) is 22.9 Å². The molecule has 1 aliphatic heterocycles. The number of likely N-dealkylation sites (N-methyl/N-ethyl adjacent to an activating group) is 1. The van der Waals surface area contributed by atoms with Gasteiger partial charge in [-0.3, -0.25) is 9.13 Å². The van der Waals surface area contributed by atoms with E-state index in [0.29, 0.717) is 47.2 Å². The van der Waals surface area contributed by atoms with Crippen LogP contribution in [0.15, 0.2) is 46.2 Å². The summed E-state index contributed by atoms with van der Waals surface area (Å²) in [5, 5.41) is 0.392. The van der Waals surface area contributed by atoms with Crippen LogP contribution in [0.1, 0.15) is 50.7 Å². The zero-order valence-electron chi connectivity index (χ0n) is 30.6. The van der Waals surface area contributed by atoms with Crippen molar-refractivity contribution in [1.82, 2.24) is 53.9 Å². The number of pyridine rings is 2. The number of H-pyrrole nitrogens is 2. The average Bonchev–Trinajstić information content (AvgIpc) is 3.65. The van der Waals surface area contributed by atoms with E-state index in [1.807, 2.05) is 18.3 Å². The molecule has 1 fully saturated rings. The molecule has 0 aliphatic carbocycles. The number of nitrogens with two attached hydrogens (primary N) is 2. The van der Waals surface area contributed by atoms with Gasteiger partial charge in [-0.15, -0.1) is 0 Å². The Labute approximate surface area is 315 Å². The molecule has 0 saturated carbocycles. The molecule has 0 bridgehead atoms. The van der Waals surface area contributed by atoms with Gasteiger partial charge in [0.1, 0.15) is 22.0 Å². The first-order valence-corrected chi connectivity index (χ1v) is 18.3. The zero-order chi connectivity index (χ0) is 38.2. The minimum absolute atomic E-state index is 0.162. The molecule has 0 radical (unpaired) electrons. The molecule has 6 aromatic heterocycles. The molecule has 0 amide bonds. The van der Waals surface area contributed by atoms with Crippen LogP contribution in [0.2, 0.25) is 5.15 Å². The number of unbranched alkanes of at least 4 members (excludes halogenated alkanes) is 2. The van der Waals surface area contributed by atoms with Crippen LogP contribution < -0.4 is 37.2 Å². The summed E-state index contributed by atoms with van der Waals surface area (Å²) in [7, 11) is 2.13. The van der Waals surface area contributed by atoms with Crippen molar-refractivity contribution in [2.45, 2.75) is 52.6 Å². The molecule has 0 atom stereocenters. The lowest BCUT2D eigenvalue weighted by Crippen LogP contribution is -2.44. The van der Waals surface area contributed by atoms with Crippen LogP contribution in [0.4, 0.5) is 17.5 Å². The van der Waals surface area contributed by atoms with E-state index < -0.39 is 0 Å². The number of anilines is 3. The lowest BCUT2D eigenvalue weighted by molar-refractivity contribution is 0.286. The molecule has 0 unspecified atom stereocenters. The van der Waals surface area contributed by atoms with E-state index in [1.165, 1.54) is 9.13 Å². The number of fused-ring (bicyclic) bond motifs is 2. The van der Waals surface area contributed by atoms with Gasteiger partial charge in [-0.1, -0.05) is 50.4 Å². The van der Waals surface area contributed by atoms with Crippen LogP contribution in [0.25, 0.3) is 22.3 Å². The number of nitrogens with zero attached hydrogens (tertiary/aromatic N) is 10. The molecule has 1 aliphatic rings. The van der Waals surface area contributed by atoms with Gasteiger partial charge in [-0.25, -0.2) is 19.6 Å². The van der Waals surface area contributed by atoms with Crippen molar-refractivity contribution in [3.63, 3.8) is 0 Å². The minimum Gasteiger partial charge on any atom is -0.463 e. The van der Waals surface area contributed by atoms with Crippen LogP contribution in [0.3, 0.4) is 0 Å². The second-order valence-electron chi connectivity index (χ2n) is 12.9. The van der Waals surface area contributed by atoms with Crippen molar-refractivity contribution in [2.75, 3.05) is 62.8 Å². The normalized spacial score (nSPS) is 13.3. The number of halogens is 1. The molecule has 286 valence electrons. The third-order valence-electron chi connectivity index (χ3n) is 8.82. The van der Waals surface area contributed by atoms with Crippen LogP contribution >= 0.6 is 11.6 Å². The fraction of sp³-hybridized carbons (Fsp3) is 0.429. The Hall–Kier alpha value is -5.75. The van der Waals surface area contributed by atoms with Crippen molar-refractivity contribution in [3.8, 4) is 12.0 Å². The third-order valence-corrected chi connectivity index (χ3v) is 9.05. The Morgan fingerprint density at radius 1 is 0.722 bits per heavy atom. The van der Waals surface area contributed by atoms with Gasteiger partial charge in [0, 0.05) is 38.6 Å². The largest absolute Gasteiger partial charge is 0.463 e. The second-order valence-corrected chi connectivity index (χ2v) is 13.3. The minimum atomic E-state index is -0.327. The van der Waals surface area contributed by atoms with Gasteiger partial charge in [0.25, 0.3) is 0 Å². The predicted octanol–water partition coefficient (Wildman–Crippen LogP) is 3.05. The van der Waals surface area contributed by atoms with E-state index in [0.717, 1.165) is 68.8 Å². The van der Waals surface area contributed by atoms with Crippen LogP contribution in [0, 0.1) is 0 Å². The number of aromatic amines is 2. The van der Waals surface area contributed by atoms with Crippen molar-refractivity contribution in [2.24, 2.45) is 0 Å². The van der Waals surface area contributed by atoms with Crippen molar-refractivity contribution < 1.29 is 9.47 Å². The van der Waals surface area contributed by atoms with E-state index in [1.54, 1.807) is 18.3 Å². The Bertz CT molecular complexity index is 2280. The first-order valence-electron chi connectivity index (χ1n) is 17.9. The van der Waals surface area contributed by atoms with E-state index in [9.17, 15) is 9.59 Å². The number of ether oxygens (including phenoxy) is 2. The van der Waals surface area contributed by atoms with Gasteiger partial charge in [-0.05, 0) is 43.1 Å². The molecule has 19 heteroatoms. The number of imidazole rings is 2. The number of hydrogen-bond donors (Lipinski definition) is 4. The summed E-state index contributed by atoms with van der Waals surface area (Å²) in [6.07, 6.45) is 7.20. The smallest absolute Gasteiger partial charge is 0.328 e. The molecule has 18 nitrogen and oxygen atoms in total. The summed E-state index contributed by atoms with van der Waals surface area (Å²) in [6, 6.07) is 7.81. The number of hydrogen-bond acceptors (Lipinski definition) is 14. The monoisotopic (exact) mass is 760 g/mol. The summed E-state index contributed by atoms with van der Waals surface area (Å²) in [6.45, 7) is 9.73. The van der Waals surface area contributed by atoms with Crippen molar-refractivity contribution in [1.29, 1.82) is 0 Å². The summed E-state index contributed by atoms with van der Waals surface area (Å²) >= 11 is 5.78. The number of nitrogens with one attached hydrogen (secondary N) is 2. The first-order chi connectivity index (χ1) is 26.1. The van der Waals surface area contributed by atoms with Crippen molar-refractivity contribution in [3.05, 3.63) is 73.9 Å². The van der Waals surface area contributed by atoms with Crippen LogP contribution in [0.5, 0.6) is 12.0 Å². The fourth-order valence-electron chi connectivity index (χ4n) is 5.70. The number of aromatic nitrogens is 10. The van der Waals surface area contributed by atoms with E-state index in [4.69, 9.17) is 32.5 Å². The van der Waals surface area contributed by atoms with E-state index in [-0.39, 0.29) is 41.6 Å². The quantitative estimate of drug-likeness (QED) is 0.0980.